The van der Waals surface area contributed by atoms with Crippen LogP contribution in [0.1, 0.15) is 24.0 Å². The zero-order chi connectivity index (χ0) is 13.5. The average Bonchev–Trinajstić information content (AvgIpc) is 2.39. The van der Waals surface area contributed by atoms with Gasteiger partial charge in [-0.15, -0.1) is 0 Å². The second-order valence-electron chi connectivity index (χ2n) is 5.70. The highest BCUT2D eigenvalue weighted by Gasteiger charge is 2.40. The number of piperidine rings is 1. The van der Waals surface area contributed by atoms with Gasteiger partial charge < -0.3 is 5.32 Å². The van der Waals surface area contributed by atoms with Crippen LogP contribution in [0.3, 0.4) is 0 Å². The fourth-order valence-electron chi connectivity index (χ4n) is 3.42. The minimum absolute atomic E-state index is 0.121. The molecule has 3 rings (SSSR count). The lowest BCUT2D eigenvalue weighted by atomic mass is 9.70. The topological polar surface area (TPSA) is 49.4 Å². The van der Waals surface area contributed by atoms with E-state index >= 15 is 0 Å². The molecule has 4 nitrogen and oxygen atoms in total. The van der Waals surface area contributed by atoms with E-state index in [0.29, 0.717) is 13.1 Å². The van der Waals surface area contributed by atoms with Crippen molar-refractivity contribution in [1.29, 1.82) is 0 Å². The van der Waals surface area contributed by atoms with Crippen molar-refractivity contribution in [3.8, 4) is 0 Å². The van der Waals surface area contributed by atoms with E-state index in [2.05, 4.69) is 29.6 Å². The van der Waals surface area contributed by atoms with Crippen molar-refractivity contribution in [1.82, 2.24) is 9.62 Å². The van der Waals surface area contributed by atoms with Crippen molar-refractivity contribution in [2.24, 2.45) is 0 Å². The highest BCUT2D eigenvalue weighted by atomic mass is 32.2. The maximum Gasteiger partial charge on any atom is 0.211 e. The third-order valence-corrected chi connectivity index (χ3v) is 5.82. The van der Waals surface area contributed by atoms with Gasteiger partial charge >= 0.3 is 0 Å². The Kier molecular flexibility index (Phi) is 3.15. The van der Waals surface area contributed by atoms with Crippen LogP contribution in [0.2, 0.25) is 0 Å². The molecule has 0 bridgehead atoms. The third-order valence-electron chi connectivity index (χ3n) is 4.52. The maximum atomic E-state index is 11.6. The fourth-order valence-corrected chi connectivity index (χ4v) is 4.26. The molecule has 0 atom stereocenters. The van der Waals surface area contributed by atoms with E-state index in [1.54, 1.807) is 4.31 Å². The lowest BCUT2D eigenvalue weighted by Crippen LogP contribution is -2.51. The van der Waals surface area contributed by atoms with E-state index in [0.717, 1.165) is 25.9 Å². The van der Waals surface area contributed by atoms with Crippen LogP contribution in [0.25, 0.3) is 0 Å². The first kappa shape index (κ1) is 13.1. The van der Waals surface area contributed by atoms with Crippen LogP contribution >= 0.6 is 0 Å². The van der Waals surface area contributed by atoms with E-state index in [9.17, 15) is 8.42 Å². The summed E-state index contributed by atoms with van der Waals surface area (Å²) < 4.78 is 24.8. The number of benzene rings is 1. The molecule has 104 valence electrons. The quantitative estimate of drug-likeness (QED) is 0.837. The van der Waals surface area contributed by atoms with E-state index < -0.39 is 10.0 Å². The van der Waals surface area contributed by atoms with Gasteiger partial charge in [0.15, 0.2) is 0 Å². The zero-order valence-electron chi connectivity index (χ0n) is 11.2. The van der Waals surface area contributed by atoms with Gasteiger partial charge in [-0.3, -0.25) is 0 Å². The van der Waals surface area contributed by atoms with Crippen LogP contribution in [0.4, 0.5) is 0 Å². The van der Waals surface area contributed by atoms with E-state index in [-0.39, 0.29) is 5.41 Å². The summed E-state index contributed by atoms with van der Waals surface area (Å²) >= 11 is 0. The highest BCUT2D eigenvalue weighted by molar-refractivity contribution is 7.88. The minimum atomic E-state index is -3.05. The number of nitrogens with one attached hydrogen (secondary N) is 1. The Labute approximate surface area is 114 Å². The second kappa shape index (κ2) is 4.58. The Bertz CT molecular complexity index is 575. The van der Waals surface area contributed by atoms with Crippen LogP contribution in [-0.4, -0.2) is 38.6 Å². The molecule has 2 aliphatic heterocycles. The lowest BCUT2D eigenvalue weighted by Gasteiger charge is -2.45. The molecule has 1 N–H and O–H groups in total. The van der Waals surface area contributed by atoms with E-state index in [1.807, 2.05) is 0 Å². The normalized spacial score (nSPS) is 23.2. The van der Waals surface area contributed by atoms with E-state index in [1.165, 1.54) is 17.4 Å². The summed E-state index contributed by atoms with van der Waals surface area (Å²) in [6.45, 7) is 3.15. The Morgan fingerprint density at radius 3 is 2.58 bits per heavy atom. The highest BCUT2D eigenvalue weighted by Crippen LogP contribution is 2.39. The van der Waals surface area contributed by atoms with Crippen LogP contribution in [-0.2, 0) is 22.0 Å². The van der Waals surface area contributed by atoms with Crippen molar-refractivity contribution in [2.75, 3.05) is 25.9 Å². The van der Waals surface area contributed by atoms with Crippen LogP contribution in [0.5, 0.6) is 0 Å². The van der Waals surface area contributed by atoms with Gasteiger partial charge in [-0.05, 0) is 24.0 Å². The standard InChI is InChI=1S/C14H20N2O2S/c1-19(17,18)16-8-6-14(7-9-16)11-15-10-12-4-2-3-5-13(12)14/h2-5,15H,6-11H2,1H3. The van der Waals surface area contributed by atoms with Crippen LogP contribution in [0, 0.1) is 0 Å². The molecule has 0 aliphatic carbocycles. The summed E-state index contributed by atoms with van der Waals surface area (Å²) in [6.07, 6.45) is 3.12. The first-order valence-corrected chi connectivity index (χ1v) is 8.60. The molecular weight excluding hydrogens is 260 g/mol. The molecule has 2 heterocycles. The third kappa shape index (κ3) is 2.30. The van der Waals surface area contributed by atoms with Gasteiger partial charge in [0.1, 0.15) is 0 Å². The Morgan fingerprint density at radius 2 is 1.89 bits per heavy atom. The molecule has 1 saturated heterocycles. The maximum absolute atomic E-state index is 11.6. The number of nitrogens with zero attached hydrogens (tertiary/aromatic N) is 1. The van der Waals surface area contributed by atoms with Gasteiger partial charge in [-0.25, -0.2) is 12.7 Å². The summed E-state index contributed by atoms with van der Waals surface area (Å²) in [6, 6.07) is 8.55. The average molecular weight is 280 g/mol. The number of hydrogen-bond acceptors (Lipinski definition) is 3. The molecule has 1 fully saturated rings. The van der Waals surface area contributed by atoms with Crippen molar-refractivity contribution in [3.05, 3.63) is 35.4 Å². The molecule has 0 aromatic heterocycles. The van der Waals surface area contributed by atoms with Crippen molar-refractivity contribution in [3.63, 3.8) is 0 Å². The van der Waals surface area contributed by atoms with Crippen molar-refractivity contribution < 1.29 is 8.42 Å². The molecule has 1 aromatic rings. The van der Waals surface area contributed by atoms with Crippen LogP contribution in [0.15, 0.2) is 24.3 Å². The van der Waals surface area contributed by atoms with Gasteiger partial charge in [0, 0.05) is 31.6 Å². The zero-order valence-corrected chi connectivity index (χ0v) is 12.0. The van der Waals surface area contributed by atoms with Crippen molar-refractivity contribution >= 4 is 10.0 Å². The monoisotopic (exact) mass is 280 g/mol. The summed E-state index contributed by atoms with van der Waals surface area (Å²) in [5.74, 6) is 0. The predicted molar refractivity (Wildman–Crippen MR) is 75.5 cm³/mol. The number of rotatable bonds is 1. The fraction of sp³-hybridized carbons (Fsp3) is 0.571. The Morgan fingerprint density at radius 1 is 1.21 bits per heavy atom. The molecule has 1 spiro atoms. The van der Waals surface area contributed by atoms with Gasteiger partial charge in [0.05, 0.1) is 6.26 Å². The summed E-state index contributed by atoms with van der Waals surface area (Å²) in [7, 11) is -3.05. The lowest BCUT2D eigenvalue weighted by molar-refractivity contribution is 0.216. The number of fused-ring (bicyclic) bond motifs is 2. The van der Waals surface area contributed by atoms with Crippen LogP contribution < -0.4 is 5.32 Å². The molecule has 2 aliphatic rings. The SMILES string of the molecule is CS(=O)(=O)N1CCC2(CC1)CNCc1ccccc12. The minimum Gasteiger partial charge on any atom is -0.312 e. The molecule has 0 amide bonds. The second-order valence-corrected chi connectivity index (χ2v) is 7.69. The summed E-state index contributed by atoms with van der Waals surface area (Å²) in [5.41, 5.74) is 2.90. The smallest absolute Gasteiger partial charge is 0.211 e. The van der Waals surface area contributed by atoms with Gasteiger partial charge in [-0.1, -0.05) is 24.3 Å². The molecule has 19 heavy (non-hydrogen) atoms. The molecular formula is C14H20N2O2S. The first-order chi connectivity index (χ1) is 9.01. The number of hydrogen-bond donors (Lipinski definition) is 1. The Balaban J connectivity index is 1.88. The number of sulfonamides is 1. The van der Waals surface area contributed by atoms with Crippen molar-refractivity contribution in [2.45, 2.75) is 24.8 Å². The van der Waals surface area contributed by atoms with Gasteiger partial charge in [-0.2, -0.15) is 0 Å². The molecule has 0 unspecified atom stereocenters. The first-order valence-electron chi connectivity index (χ1n) is 6.76. The predicted octanol–water partition coefficient (Wildman–Crippen LogP) is 1.08. The molecule has 0 radical (unpaired) electrons. The Hall–Kier alpha value is -0.910. The molecule has 1 aromatic carbocycles. The summed E-state index contributed by atoms with van der Waals surface area (Å²) in [4.78, 5) is 0. The molecule has 5 heteroatoms. The van der Waals surface area contributed by atoms with E-state index in [4.69, 9.17) is 0 Å². The largest absolute Gasteiger partial charge is 0.312 e. The van der Waals surface area contributed by atoms with Gasteiger partial charge in [0.25, 0.3) is 0 Å². The molecule has 0 saturated carbocycles. The summed E-state index contributed by atoms with van der Waals surface area (Å²) in [5, 5.41) is 3.49. The van der Waals surface area contributed by atoms with Gasteiger partial charge in [0.2, 0.25) is 10.0 Å².